The van der Waals surface area contributed by atoms with Crippen LogP contribution in [0.3, 0.4) is 0 Å². The molecule has 0 fully saturated rings. The smallest absolute Gasteiger partial charge is 0.191 e. The Balaban J connectivity index is 0.00000625. The molecule has 0 bridgehead atoms. The van der Waals surface area contributed by atoms with Gasteiger partial charge in [-0.1, -0.05) is 19.4 Å². The van der Waals surface area contributed by atoms with E-state index in [0.717, 1.165) is 63.0 Å². The molecule has 2 N–H and O–H groups in total. The fraction of sp³-hybridized carbons (Fsp3) is 0.684. The van der Waals surface area contributed by atoms with Crippen LogP contribution in [-0.4, -0.2) is 50.8 Å². The first-order valence-corrected chi connectivity index (χ1v) is 9.47. The number of hydrogen-bond acceptors (Lipinski definition) is 4. The third kappa shape index (κ3) is 10.2. The molecule has 0 unspecified atom stereocenters. The number of pyridine rings is 1. The number of anilines is 1. The van der Waals surface area contributed by atoms with Gasteiger partial charge in [-0.3, -0.25) is 4.99 Å². The third-order valence-corrected chi connectivity index (χ3v) is 3.98. The summed E-state index contributed by atoms with van der Waals surface area (Å²) < 4.78 is 5.56. The molecule has 6 nitrogen and oxygen atoms in total. The van der Waals surface area contributed by atoms with Gasteiger partial charge in [0.1, 0.15) is 5.82 Å². The van der Waals surface area contributed by atoms with Gasteiger partial charge in [-0.05, 0) is 38.3 Å². The lowest BCUT2D eigenvalue weighted by Gasteiger charge is -2.19. The molecule has 1 rings (SSSR count). The van der Waals surface area contributed by atoms with Gasteiger partial charge in [-0.2, -0.15) is 0 Å². The molecule has 1 heterocycles. The molecule has 1 aromatic heterocycles. The van der Waals surface area contributed by atoms with E-state index in [-0.39, 0.29) is 24.0 Å². The predicted molar refractivity (Wildman–Crippen MR) is 122 cm³/mol. The van der Waals surface area contributed by atoms with E-state index in [1.165, 1.54) is 6.42 Å². The highest BCUT2D eigenvalue weighted by Crippen LogP contribution is 2.10. The molecule has 0 amide bonds. The third-order valence-electron chi connectivity index (χ3n) is 3.98. The molecule has 0 aliphatic rings. The Kier molecular flexibility index (Phi) is 15.4. The molecule has 7 heteroatoms. The molecule has 0 saturated carbocycles. The molecule has 26 heavy (non-hydrogen) atoms. The highest BCUT2D eigenvalue weighted by atomic mass is 127. The molecule has 0 aromatic carbocycles. The van der Waals surface area contributed by atoms with Gasteiger partial charge in [-0.25, -0.2) is 4.98 Å². The average Bonchev–Trinajstić information content (AvgIpc) is 2.65. The van der Waals surface area contributed by atoms with Crippen LogP contribution in [0.1, 0.15) is 45.6 Å². The van der Waals surface area contributed by atoms with Gasteiger partial charge in [0, 0.05) is 52.6 Å². The highest BCUT2D eigenvalue weighted by molar-refractivity contribution is 14.0. The van der Waals surface area contributed by atoms with Crippen molar-refractivity contribution in [2.45, 2.75) is 46.6 Å². The second-order valence-electron chi connectivity index (χ2n) is 5.87. The van der Waals surface area contributed by atoms with Crippen LogP contribution in [0, 0.1) is 0 Å². The molecular weight excluding hydrogens is 441 g/mol. The summed E-state index contributed by atoms with van der Waals surface area (Å²) in [5.41, 5.74) is 1.14. The Morgan fingerprint density at radius 3 is 2.42 bits per heavy atom. The normalized spacial score (nSPS) is 11.0. The number of halogens is 1. The zero-order chi connectivity index (χ0) is 18.3. The van der Waals surface area contributed by atoms with Crippen molar-refractivity contribution in [3.05, 3.63) is 23.9 Å². The van der Waals surface area contributed by atoms with E-state index in [1.54, 1.807) is 7.05 Å². The first-order valence-electron chi connectivity index (χ1n) is 9.47. The molecule has 0 saturated heterocycles. The predicted octanol–water partition coefficient (Wildman–Crippen LogP) is 3.42. The minimum absolute atomic E-state index is 0. The van der Waals surface area contributed by atoms with Crippen molar-refractivity contribution >= 4 is 35.8 Å². The van der Waals surface area contributed by atoms with E-state index < -0.39 is 0 Å². The molecule has 0 spiro atoms. The van der Waals surface area contributed by atoms with Crippen molar-refractivity contribution in [3.8, 4) is 0 Å². The standard InChI is InChI=1S/C19H35N5O.HI/c1-5-8-13-25-14-9-12-21-19(20-4)23-16-17-10-11-18(22-15-17)24(6-2)7-3;/h10-11,15H,5-9,12-14,16H2,1-4H3,(H2,20,21,23);1H. The average molecular weight is 477 g/mol. The number of nitrogens with zero attached hydrogens (tertiary/aromatic N) is 3. The maximum Gasteiger partial charge on any atom is 0.191 e. The Labute approximate surface area is 176 Å². The quantitative estimate of drug-likeness (QED) is 0.209. The molecule has 0 aliphatic heterocycles. The van der Waals surface area contributed by atoms with Crippen LogP contribution in [0.4, 0.5) is 5.82 Å². The number of ether oxygens (including phenoxy) is 1. The second kappa shape index (κ2) is 16.1. The van der Waals surface area contributed by atoms with Crippen molar-refractivity contribution in [2.75, 3.05) is 44.8 Å². The van der Waals surface area contributed by atoms with E-state index in [1.807, 2.05) is 6.20 Å². The van der Waals surface area contributed by atoms with Gasteiger partial charge in [-0.15, -0.1) is 24.0 Å². The number of hydrogen-bond donors (Lipinski definition) is 2. The van der Waals surface area contributed by atoms with Gasteiger partial charge in [0.25, 0.3) is 0 Å². The maximum atomic E-state index is 5.56. The Morgan fingerprint density at radius 1 is 1.12 bits per heavy atom. The maximum absolute atomic E-state index is 5.56. The van der Waals surface area contributed by atoms with Gasteiger partial charge in [0.2, 0.25) is 0 Å². The molecule has 0 atom stereocenters. The molecule has 0 aliphatic carbocycles. The fourth-order valence-corrected chi connectivity index (χ4v) is 2.39. The largest absolute Gasteiger partial charge is 0.381 e. The summed E-state index contributed by atoms with van der Waals surface area (Å²) in [5.74, 6) is 1.83. The summed E-state index contributed by atoms with van der Waals surface area (Å²) in [6.45, 7) is 11.6. The lowest BCUT2D eigenvalue weighted by Crippen LogP contribution is -2.37. The van der Waals surface area contributed by atoms with Crippen molar-refractivity contribution in [1.82, 2.24) is 15.6 Å². The summed E-state index contributed by atoms with van der Waals surface area (Å²) >= 11 is 0. The summed E-state index contributed by atoms with van der Waals surface area (Å²) in [7, 11) is 1.79. The van der Waals surface area contributed by atoms with Crippen molar-refractivity contribution < 1.29 is 4.74 Å². The topological polar surface area (TPSA) is 61.8 Å². The number of guanidine groups is 1. The number of unbranched alkanes of at least 4 members (excludes halogenated alkanes) is 1. The molecule has 1 aromatic rings. The van der Waals surface area contributed by atoms with Crippen molar-refractivity contribution in [3.63, 3.8) is 0 Å². The summed E-state index contributed by atoms with van der Waals surface area (Å²) in [4.78, 5) is 11.0. The monoisotopic (exact) mass is 477 g/mol. The van der Waals surface area contributed by atoms with Crippen LogP contribution in [0.15, 0.2) is 23.3 Å². The fourth-order valence-electron chi connectivity index (χ4n) is 2.39. The second-order valence-corrected chi connectivity index (χ2v) is 5.87. The number of aliphatic imine (C=N–C) groups is 1. The Bertz CT molecular complexity index is 477. The molecule has 150 valence electrons. The van der Waals surface area contributed by atoms with Crippen LogP contribution >= 0.6 is 24.0 Å². The first-order chi connectivity index (χ1) is 12.2. The minimum atomic E-state index is 0. The van der Waals surface area contributed by atoms with Gasteiger partial charge in [0.05, 0.1) is 0 Å². The van der Waals surface area contributed by atoms with Crippen molar-refractivity contribution in [1.29, 1.82) is 0 Å². The molecular formula is C19H36IN5O. The summed E-state index contributed by atoms with van der Waals surface area (Å²) in [6.07, 6.45) is 5.22. The minimum Gasteiger partial charge on any atom is -0.381 e. The SMILES string of the molecule is CCCCOCCCNC(=NC)NCc1ccc(N(CC)CC)nc1.I. The van der Waals surface area contributed by atoms with E-state index >= 15 is 0 Å². The summed E-state index contributed by atoms with van der Waals surface area (Å²) in [6, 6.07) is 4.19. The van der Waals surface area contributed by atoms with Crippen molar-refractivity contribution in [2.24, 2.45) is 4.99 Å². The van der Waals surface area contributed by atoms with E-state index in [4.69, 9.17) is 4.74 Å². The van der Waals surface area contributed by atoms with E-state index in [9.17, 15) is 0 Å². The van der Waals surface area contributed by atoms with Crippen LogP contribution in [0.5, 0.6) is 0 Å². The zero-order valence-electron chi connectivity index (χ0n) is 16.8. The van der Waals surface area contributed by atoms with Crippen LogP contribution in [0.25, 0.3) is 0 Å². The van der Waals surface area contributed by atoms with Gasteiger partial charge >= 0.3 is 0 Å². The van der Waals surface area contributed by atoms with E-state index in [2.05, 4.69) is 58.4 Å². The Morgan fingerprint density at radius 2 is 1.85 bits per heavy atom. The highest BCUT2D eigenvalue weighted by Gasteiger charge is 2.03. The lowest BCUT2D eigenvalue weighted by atomic mass is 10.2. The number of nitrogens with one attached hydrogen (secondary N) is 2. The Hall–Kier alpha value is -1.09. The number of aromatic nitrogens is 1. The van der Waals surface area contributed by atoms with Crippen LogP contribution in [0.2, 0.25) is 0 Å². The van der Waals surface area contributed by atoms with Crippen LogP contribution in [-0.2, 0) is 11.3 Å². The first kappa shape index (κ1) is 24.9. The zero-order valence-corrected chi connectivity index (χ0v) is 19.1. The van der Waals surface area contributed by atoms with E-state index in [0.29, 0.717) is 6.54 Å². The molecule has 0 radical (unpaired) electrons. The van der Waals surface area contributed by atoms with Gasteiger partial charge < -0.3 is 20.3 Å². The van der Waals surface area contributed by atoms with Crippen LogP contribution < -0.4 is 15.5 Å². The number of rotatable bonds is 12. The summed E-state index contributed by atoms with van der Waals surface area (Å²) in [5, 5.41) is 6.63. The van der Waals surface area contributed by atoms with Gasteiger partial charge in [0.15, 0.2) is 5.96 Å². The lowest BCUT2D eigenvalue weighted by molar-refractivity contribution is 0.129.